The van der Waals surface area contributed by atoms with Crippen molar-refractivity contribution in [2.75, 3.05) is 19.3 Å². The number of thioether (sulfide) groups is 1. The Morgan fingerprint density at radius 3 is 2.10 bits per heavy atom. The first-order chi connectivity index (χ1) is 9.66. The van der Waals surface area contributed by atoms with Crippen LogP contribution in [0.4, 0.5) is 0 Å². The third-order valence-corrected chi connectivity index (χ3v) is 4.97. The lowest BCUT2D eigenvalue weighted by atomic mass is 10.1. The SMILES string of the molecule is CNN1CCSC1=N.Cc1cc(C)c(S(=O)(=O)O)c(C)c1. The quantitative estimate of drug-likeness (QED) is 0.717. The largest absolute Gasteiger partial charge is 0.295 e. The van der Waals surface area contributed by atoms with Crippen LogP contribution < -0.4 is 5.43 Å². The summed E-state index contributed by atoms with van der Waals surface area (Å²) in [4.78, 5) is 0.0260. The van der Waals surface area contributed by atoms with E-state index in [9.17, 15) is 8.42 Å². The van der Waals surface area contributed by atoms with Crippen LogP contribution in [0.2, 0.25) is 0 Å². The molecule has 0 unspecified atom stereocenters. The molecule has 2 rings (SSSR count). The van der Waals surface area contributed by atoms with Gasteiger partial charge in [-0.05, 0) is 31.9 Å². The molecule has 1 saturated heterocycles. The molecule has 0 spiro atoms. The number of rotatable bonds is 2. The molecule has 0 amide bonds. The van der Waals surface area contributed by atoms with E-state index in [2.05, 4.69) is 5.43 Å². The van der Waals surface area contributed by atoms with Gasteiger partial charge in [-0.15, -0.1) is 0 Å². The number of nitrogens with one attached hydrogen (secondary N) is 2. The van der Waals surface area contributed by atoms with Gasteiger partial charge in [0.25, 0.3) is 10.1 Å². The smallest absolute Gasteiger partial charge is 0.287 e. The second-order valence-electron chi connectivity index (χ2n) is 4.73. The molecule has 1 aromatic carbocycles. The summed E-state index contributed by atoms with van der Waals surface area (Å²) in [5, 5.41) is 9.69. The monoisotopic (exact) mass is 331 g/mol. The minimum Gasteiger partial charge on any atom is -0.287 e. The van der Waals surface area contributed by atoms with Gasteiger partial charge < -0.3 is 0 Å². The van der Waals surface area contributed by atoms with Crippen molar-refractivity contribution in [3.05, 3.63) is 28.8 Å². The number of hydrogen-bond donors (Lipinski definition) is 3. The van der Waals surface area contributed by atoms with Crippen molar-refractivity contribution in [3.63, 3.8) is 0 Å². The van der Waals surface area contributed by atoms with Crippen molar-refractivity contribution >= 4 is 27.0 Å². The van der Waals surface area contributed by atoms with Crippen molar-refractivity contribution < 1.29 is 13.0 Å². The summed E-state index contributed by atoms with van der Waals surface area (Å²) in [7, 11) is -2.25. The molecule has 1 heterocycles. The maximum atomic E-state index is 10.9. The molecule has 21 heavy (non-hydrogen) atoms. The first-order valence-corrected chi connectivity index (χ1v) is 8.81. The van der Waals surface area contributed by atoms with E-state index < -0.39 is 10.1 Å². The second kappa shape index (κ2) is 7.26. The van der Waals surface area contributed by atoms with Gasteiger partial charge in [-0.1, -0.05) is 29.5 Å². The zero-order valence-electron chi connectivity index (χ0n) is 12.6. The zero-order chi connectivity index (χ0) is 16.2. The fourth-order valence-electron chi connectivity index (χ4n) is 2.20. The van der Waals surface area contributed by atoms with Crippen LogP contribution in [0.3, 0.4) is 0 Å². The van der Waals surface area contributed by atoms with Crippen LogP contribution in [-0.4, -0.2) is 42.5 Å². The van der Waals surface area contributed by atoms with Crippen molar-refractivity contribution in [2.45, 2.75) is 25.7 Å². The molecule has 0 aromatic heterocycles. The third kappa shape index (κ3) is 4.99. The number of hydrazine groups is 1. The van der Waals surface area contributed by atoms with E-state index in [1.54, 1.807) is 37.7 Å². The van der Waals surface area contributed by atoms with E-state index in [1.807, 2.05) is 19.0 Å². The molecule has 1 aliphatic heterocycles. The first kappa shape index (κ1) is 18.0. The van der Waals surface area contributed by atoms with Crippen molar-refractivity contribution in [1.29, 1.82) is 5.41 Å². The minimum atomic E-state index is -4.08. The third-order valence-electron chi connectivity index (χ3n) is 2.93. The van der Waals surface area contributed by atoms with Gasteiger partial charge in [-0.25, -0.2) is 5.43 Å². The number of hydrogen-bond acceptors (Lipinski definition) is 5. The van der Waals surface area contributed by atoms with E-state index >= 15 is 0 Å². The van der Waals surface area contributed by atoms with Crippen molar-refractivity contribution in [1.82, 2.24) is 10.4 Å². The zero-order valence-corrected chi connectivity index (χ0v) is 14.2. The van der Waals surface area contributed by atoms with Gasteiger partial charge >= 0.3 is 0 Å². The normalized spacial score (nSPS) is 14.9. The lowest BCUT2D eigenvalue weighted by Crippen LogP contribution is -2.34. The first-order valence-electron chi connectivity index (χ1n) is 6.38. The second-order valence-corrected chi connectivity index (χ2v) is 7.17. The average Bonchev–Trinajstić information content (AvgIpc) is 2.72. The summed E-state index contributed by atoms with van der Waals surface area (Å²) in [5.41, 5.74) is 5.06. The predicted molar refractivity (Wildman–Crippen MR) is 86.4 cm³/mol. The van der Waals surface area contributed by atoms with E-state index in [1.165, 1.54) is 0 Å². The fraction of sp³-hybridized carbons (Fsp3) is 0.462. The van der Waals surface area contributed by atoms with E-state index in [0.717, 1.165) is 17.9 Å². The Hall–Kier alpha value is -1.09. The van der Waals surface area contributed by atoms with E-state index in [4.69, 9.17) is 9.96 Å². The average molecular weight is 331 g/mol. The minimum absolute atomic E-state index is 0.0260. The summed E-state index contributed by atoms with van der Waals surface area (Å²) in [6.07, 6.45) is 0. The molecule has 0 radical (unpaired) electrons. The van der Waals surface area contributed by atoms with Gasteiger partial charge in [0.05, 0.1) is 4.90 Å². The van der Waals surface area contributed by atoms with Crippen LogP contribution >= 0.6 is 11.8 Å². The molecule has 1 fully saturated rings. The highest BCUT2D eigenvalue weighted by molar-refractivity contribution is 8.14. The molecule has 6 nitrogen and oxygen atoms in total. The summed E-state index contributed by atoms with van der Waals surface area (Å²) in [6.45, 7) is 6.18. The van der Waals surface area contributed by atoms with E-state index in [-0.39, 0.29) is 4.90 Å². The Morgan fingerprint density at radius 1 is 1.29 bits per heavy atom. The summed E-state index contributed by atoms with van der Waals surface area (Å²) in [5.74, 6) is 1.04. The topological polar surface area (TPSA) is 93.5 Å². The molecule has 0 bridgehead atoms. The Balaban J connectivity index is 0.000000235. The standard InChI is InChI=1S/C9H12O3S.C4H9N3S/c1-6-4-7(2)9(8(3)5-6)13(10,11)12;1-6-7-2-3-8-4(7)5/h4-5H,1-3H3,(H,10,11,12);5-6H,2-3H2,1H3. The maximum absolute atomic E-state index is 10.9. The maximum Gasteiger partial charge on any atom is 0.295 e. The van der Waals surface area contributed by atoms with E-state index in [0.29, 0.717) is 16.3 Å². The Bertz CT molecular complexity index is 607. The molecule has 8 heteroatoms. The molecule has 0 aliphatic carbocycles. The number of amidine groups is 1. The summed E-state index contributed by atoms with van der Waals surface area (Å²) >= 11 is 1.58. The number of benzene rings is 1. The van der Waals surface area contributed by atoms with Crippen LogP contribution in [-0.2, 0) is 10.1 Å². The van der Waals surface area contributed by atoms with Crippen LogP contribution in [0.5, 0.6) is 0 Å². The van der Waals surface area contributed by atoms with Gasteiger partial charge in [0.2, 0.25) is 0 Å². The van der Waals surface area contributed by atoms with Gasteiger partial charge in [-0.2, -0.15) is 8.42 Å². The van der Waals surface area contributed by atoms with Crippen LogP contribution in [0, 0.1) is 26.2 Å². The van der Waals surface area contributed by atoms with Crippen LogP contribution in [0.25, 0.3) is 0 Å². The van der Waals surface area contributed by atoms with Crippen LogP contribution in [0.1, 0.15) is 16.7 Å². The molecule has 0 atom stereocenters. The fourth-order valence-corrected chi connectivity index (χ4v) is 3.94. The lowest BCUT2D eigenvalue weighted by molar-refractivity contribution is 0.372. The highest BCUT2D eigenvalue weighted by atomic mass is 32.2. The Morgan fingerprint density at radius 2 is 1.81 bits per heavy atom. The molecule has 1 aliphatic rings. The van der Waals surface area contributed by atoms with Crippen molar-refractivity contribution in [2.24, 2.45) is 0 Å². The highest BCUT2D eigenvalue weighted by Gasteiger charge is 2.16. The van der Waals surface area contributed by atoms with Gasteiger partial charge in [0.1, 0.15) is 0 Å². The molecular formula is C13H21N3O3S2. The molecule has 0 saturated carbocycles. The van der Waals surface area contributed by atoms with Crippen molar-refractivity contribution in [3.8, 4) is 0 Å². The van der Waals surface area contributed by atoms with Gasteiger partial charge in [-0.3, -0.25) is 15.0 Å². The van der Waals surface area contributed by atoms with Gasteiger partial charge in [0.15, 0.2) is 5.17 Å². The predicted octanol–water partition coefficient (Wildman–Crippen LogP) is 1.96. The molecule has 118 valence electrons. The van der Waals surface area contributed by atoms with Crippen LogP contribution in [0.15, 0.2) is 17.0 Å². The Kier molecular flexibility index (Phi) is 6.21. The van der Waals surface area contributed by atoms with Gasteiger partial charge in [0, 0.05) is 19.3 Å². The Labute approximate surface area is 130 Å². The summed E-state index contributed by atoms with van der Waals surface area (Å²) in [6, 6.07) is 3.46. The molecule has 3 N–H and O–H groups in total. The molecule has 1 aromatic rings. The highest BCUT2D eigenvalue weighted by Crippen LogP contribution is 2.20. The summed E-state index contributed by atoms with van der Waals surface area (Å²) < 4.78 is 30.8. The number of aryl methyl sites for hydroxylation is 3. The number of nitrogens with zero attached hydrogens (tertiary/aromatic N) is 1. The molecular weight excluding hydrogens is 310 g/mol. The lowest BCUT2D eigenvalue weighted by Gasteiger charge is -2.12.